The average molecular weight is 289 g/mol. The zero-order valence-corrected chi connectivity index (χ0v) is 12.3. The molecule has 7 heteroatoms. The van der Waals surface area contributed by atoms with Gasteiger partial charge in [-0.2, -0.15) is 5.10 Å². The van der Waals surface area contributed by atoms with E-state index in [9.17, 15) is 4.79 Å². The number of nitrogens with zero attached hydrogens (tertiary/aromatic N) is 2. The number of nitrogens with one attached hydrogen (secondary N) is 2. The molecule has 0 aromatic carbocycles. The highest BCUT2D eigenvalue weighted by Crippen LogP contribution is 2.16. The molecule has 1 fully saturated rings. The van der Waals surface area contributed by atoms with Crippen molar-refractivity contribution >= 4 is 18.3 Å². The summed E-state index contributed by atoms with van der Waals surface area (Å²) in [5.74, 6) is -0.0227. The van der Waals surface area contributed by atoms with Crippen molar-refractivity contribution in [3.05, 3.63) is 17.5 Å². The van der Waals surface area contributed by atoms with Gasteiger partial charge in [-0.15, -0.1) is 12.4 Å². The molecular weight excluding hydrogens is 268 g/mol. The minimum Gasteiger partial charge on any atom is -0.378 e. The van der Waals surface area contributed by atoms with E-state index < -0.39 is 0 Å². The summed E-state index contributed by atoms with van der Waals surface area (Å²) >= 11 is 0. The molecule has 2 unspecified atom stereocenters. The summed E-state index contributed by atoms with van der Waals surface area (Å²) < 4.78 is 7.08. The summed E-state index contributed by atoms with van der Waals surface area (Å²) in [6.07, 6.45) is 1.80. The van der Waals surface area contributed by atoms with E-state index in [2.05, 4.69) is 15.7 Å². The number of hydrogen-bond donors (Lipinski definition) is 2. The Morgan fingerprint density at radius 3 is 2.95 bits per heavy atom. The highest BCUT2D eigenvalue weighted by Gasteiger charge is 2.23. The van der Waals surface area contributed by atoms with Crippen LogP contribution in [0.1, 0.15) is 24.2 Å². The molecule has 19 heavy (non-hydrogen) atoms. The van der Waals surface area contributed by atoms with E-state index in [4.69, 9.17) is 4.74 Å². The van der Waals surface area contributed by atoms with Crippen LogP contribution < -0.4 is 10.6 Å². The second kappa shape index (κ2) is 6.88. The molecule has 0 radical (unpaired) electrons. The molecule has 6 nitrogen and oxygen atoms in total. The normalized spacial score (nSPS) is 20.5. The molecule has 1 aliphatic rings. The van der Waals surface area contributed by atoms with Gasteiger partial charge in [-0.25, -0.2) is 0 Å². The number of aromatic nitrogens is 2. The van der Waals surface area contributed by atoms with E-state index in [1.807, 2.05) is 20.9 Å². The topological polar surface area (TPSA) is 68.2 Å². The Bertz CT molecular complexity index is 429. The van der Waals surface area contributed by atoms with Crippen LogP contribution in [-0.2, 0) is 16.6 Å². The lowest BCUT2D eigenvalue weighted by Crippen LogP contribution is -2.51. The summed E-state index contributed by atoms with van der Waals surface area (Å²) in [7, 11) is 1.89. The monoisotopic (exact) mass is 288 g/mol. The van der Waals surface area contributed by atoms with Crippen molar-refractivity contribution in [2.75, 3.05) is 19.8 Å². The molecule has 2 heterocycles. The maximum Gasteiger partial charge on any atom is 0.240 e. The first-order chi connectivity index (χ1) is 8.59. The van der Waals surface area contributed by atoms with E-state index in [0.29, 0.717) is 13.2 Å². The fourth-order valence-corrected chi connectivity index (χ4v) is 2.07. The SMILES string of the molecule is Cc1c(C(C)NC(=O)C2COCCN2)cnn1C.Cl. The molecule has 2 rings (SSSR count). The zero-order chi connectivity index (χ0) is 13.1. The van der Waals surface area contributed by atoms with Crippen molar-refractivity contribution in [3.8, 4) is 0 Å². The Hall–Kier alpha value is -1.11. The Balaban J connectivity index is 0.00000180. The fourth-order valence-electron chi connectivity index (χ4n) is 2.07. The molecule has 2 N–H and O–H groups in total. The maximum absolute atomic E-state index is 12.0. The summed E-state index contributed by atoms with van der Waals surface area (Å²) in [6.45, 7) is 5.78. The smallest absolute Gasteiger partial charge is 0.240 e. The minimum absolute atomic E-state index is 0. The number of morpholine rings is 1. The lowest BCUT2D eigenvalue weighted by atomic mass is 10.1. The molecular formula is C12H21ClN4O2. The number of halogens is 1. The quantitative estimate of drug-likeness (QED) is 0.840. The largest absolute Gasteiger partial charge is 0.378 e. The lowest BCUT2D eigenvalue weighted by Gasteiger charge is -2.24. The van der Waals surface area contributed by atoms with E-state index >= 15 is 0 Å². The molecule has 0 spiro atoms. The van der Waals surface area contributed by atoms with Crippen LogP contribution in [0.15, 0.2) is 6.20 Å². The second-order valence-electron chi connectivity index (χ2n) is 4.62. The molecule has 0 aliphatic carbocycles. The minimum atomic E-state index is -0.252. The van der Waals surface area contributed by atoms with Crippen molar-refractivity contribution in [2.45, 2.75) is 25.9 Å². The first kappa shape index (κ1) is 15.9. The molecule has 1 amide bonds. The van der Waals surface area contributed by atoms with Gasteiger partial charge in [0.25, 0.3) is 0 Å². The standard InChI is InChI=1S/C12H20N4O2.ClH/c1-8(10-6-14-16(3)9(10)2)15-12(17)11-7-18-5-4-13-11;/h6,8,11,13H,4-5,7H2,1-3H3,(H,15,17);1H. The Kier molecular flexibility index (Phi) is 5.78. The predicted molar refractivity (Wildman–Crippen MR) is 74.4 cm³/mol. The third-order valence-corrected chi connectivity index (χ3v) is 3.34. The van der Waals surface area contributed by atoms with Gasteiger partial charge < -0.3 is 15.4 Å². The zero-order valence-electron chi connectivity index (χ0n) is 11.5. The van der Waals surface area contributed by atoms with Gasteiger partial charge in [-0.3, -0.25) is 9.48 Å². The first-order valence-electron chi connectivity index (χ1n) is 6.19. The molecule has 1 aromatic heterocycles. The van der Waals surface area contributed by atoms with Crippen molar-refractivity contribution < 1.29 is 9.53 Å². The van der Waals surface area contributed by atoms with E-state index in [-0.39, 0.29) is 30.4 Å². The Labute approximate surface area is 119 Å². The summed E-state index contributed by atoms with van der Waals surface area (Å²) in [5.41, 5.74) is 2.11. The van der Waals surface area contributed by atoms with E-state index in [1.165, 1.54) is 0 Å². The lowest BCUT2D eigenvalue weighted by molar-refractivity contribution is -0.126. The van der Waals surface area contributed by atoms with Crippen LogP contribution in [0, 0.1) is 6.92 Å². The van der Waals surface area contributed by atoms with Crippen molar-refractivity contribution in [3.63, 3.8) is 0 Å². The molecule has 1 aliphatic heterocycles. The number of carbonyl (C=O) groups is 1. The van der Waals surface area contributed by atoms with Crippen LogP contribution in [0.3, 0.4) is 0 Å². The first-order valence-corrected chi connectivity index (χ1v) is 6.19. The number of amides is 1. The Morgan fingerprint density at radius 2 is 2.42 bits per heavy atom. The van der Waals surface area contributed by atoms with Gasteiger partial charge in [0, 0.05) is 24.8 Å². The van der Waals surface area contributed by atoms with Gasteiger partial charge in [-0.1, -0.05) is 0 Å². The van der Waals surface area contributed by atoms with Crippen LogP contribution >= 0.6 is 12.4 Å². The Morgan fingerprint density at radius 1 is 1.68 bits per heavy atom. The molecule has 0 saturated carbocycles. The molecule has 1 aromatic rings. The van der Waals surface area contributed by atoms with Gasteiger partial charge in [0.05, 0.1) is 25.5 Å². The predicted octanol–water partition coefficient (Wildman–Crippen LogP) is 0.316. The highest BCUT2D eigenvalue weighted by atomic mass is 35.5. The summed E-state index contributed by atoms with van der Waals surface area (Å²) in [6, 6.07) is -0.298. The highest BCUT2D eigenvalue weighted by molar-refractivity contribution is 5.85. The number of carbonyl (C=O) groups excluding carboxylic acids is 1. The summed E-state index contributed by atoms with van der Waals surface area (Å²) in [5, 5.41) is 10.3. The number of hydrogen-bond acceptors (Lipinski definition) is 4. The summed E-state index contributed by atoms with van der Waals surface area (Å²) in [4.78, 5) is 12.0. The third-order valence-electron chi connectivity index (χ3n) is 3.34. The molecule has 0 bridgehead atoms. The van der Waals surface area contributed by atoms with Crippen LogP contribution in [0.25, 0.3) is 0 Å². The number of rotatable bonds is 3. The van der Waals surface area contributed by atoms with Gasteiger partial charge in [-0.05, 0) is 13.8 Å². The van der Waals surface area contributed by atoms with Gasteiger partial charge in [0.15, 0.2) is 0 Å². The maximum atomic E-state index is 12.0. The fraction of sp³-hybridized carbons (Fsp3) is 0.667. The van der Waals surface area contributed by atoms with Crippen LogP contribution in [0.5, 0.6) is 0 Å². The van der Waals surface area contributed by atoms with Gasteiger partial charge in [0.1, 0.15) is 6.04 Å². The third kappa shape index (κ3) is 3.68. The van der Waals surface area contributed by atoms with Crippen molar-refractivity contribution in [1.82, 2.24) is 20.4 Å². The molecule has 1 saturated heterocycles. The molecule has 108 valence electrons. The van der Waals surface area contributed by atoms with E-state index in [0.717, 1.165) is 17.8 Å². The van der Waals surface area contributed by atoms with Gasteiger partial charge >= 0.3 is 0 Å². The molecule has 2 atom stereocenters. The van der Waals surface area contributed by atoms with Crippen molar-refractivity contribution in [1.29, 1.82) is 0 Å². The van der Waals surface area contributed by atoms with Crippen LogP contribution in [0.2, 0.25) is 0 Å². The van der Waals surface area contributed by atoms with Crippen LogP contribution in [-0.4, -0.2) is 41.5 Å². The van der Waals surface area contributed by atoms with E-state index in [1.54, 1.807) is 10.9 Å². The number of aryl methyl sites for hydroxylation is 1. The number of ether oxygens (including phenoxy) is 1. The van der Waals surface area contributed by atoms with Gasteiger partial charge in [0.2, 0.25) is 5.91 Å². The average Bonchev–Trinajstić information content (AvgIpc) is 2.71. The second-order valence-corrected chi connectivity index (χ2v) is 4.62. The van der Waals surface area contributed by atoms with Crippen molar-refractivity contribution in [2.24, 2.45) is 7.05 Å². The van der Waals surface area contributed by atoms with Crippen LogP contribution in [0.4, 0.5) is 0 Å².